The number of hydrogen-bond acceptors (Lipinski definition) is 14. The van der Waals surface area contributed by atoms with E-state index in [1.807, 2.05) is 0 Å². The number of carbonyl (C=O) groups is 5. The summed E-state index contributed by atoms with van der Waals surface area (Å²) < 4.78 is 31.7. The van der Waals surface area contributed by atoms with Gasteiger partial charge in [0.05, 0.1) is 0 Å². The molecule has 0 aromatic rings. The number of ether oxygens (including phenoxy) is 3. The van der Waals surface area contributed by atoms with Crippen LogP contribution in [0.15, 0.2) is 0 Å². The molecule has 0 radical (unpaired) electrons. The van der Waals surface area contributed by atoms with Crippen molar-refractivity contribution < 1.29 is 57.7 Å². The second kappa shape index (κ2) is 19.7. The van der Waals surface area contributed by atoms with Crippen LogP contribution < -0.4 is 16.4 Å². The normalized spacial score (nSPS) is 21.7. The van der Waals surface area contributed by atoms with Crippen molar-refractivity contribution >= 4 is 78.0 Å². The first-order chi connectivity index (χ1) is 20.4. The van der Waals surface area contributed by atoms with E-state index >= 15 is 0 Å². The fourth-order valence-electron chi connectivity index (χ4n) is 4.83. The van der Waals surface area contributed by atoms with Gasteiger partial charge in [0.15, 0.2) is 0 Å². The Morgan fingerprint density at radius 3 is 1.36 bits per heavy atom. The molecule has 3 heterocycles. The second-order valence-electron chi connectivity index (χ2n) is 10.6. The van der Waals surface area contributed by atoms with Gasteiger partial charge in [-0.2, -0.15) is 35.9 Å². The highest BCUT2D eigenvalue weighted by atomic mass is 35.5. The van der Waals surface area contributed by atoms with E-state index in [9.17, 15) is 28.2 Å². The molecule has 16 nitrogen and oxygen atoms in total. The highest BCUT2D eigenvalue weighted by Crippen LogP contribution is 2.32. The lowest BCUT2D eigenvalue weighted by Gasteiger charge is -2.44. The van der Waals surface area contributed by atoms with Crippen molar-refractivity contribution in [3.8, 4) is 0 Å². The summed E-state index contributed by atoms with van der Waals surface area (Å²) in [6.07, 6.45) is 2.61. The number of carboxylic acid groups (broad SMARTS) is 3. The average molecular weight is 724 g/mol. The molecule has 0 aliphatic carbocycles. The molecule has 3 aliphatic rings. The van der Waals surface area contributed by atoms with Crippen LogP contribution in [0.5, 0.6) is 0 Å². The summed E-state index contributed by atoms with van der Waals surface area (Å²) >= 11 is 8.68. The van der Waals surface area contributed by atoms with Crippen molar-refractivity contribution in [2.24, 2.45) is 5.73 Å². The van der Waals surface area contributed by atoms with Gasteiger partial charge in [-0.1, -0.05) is 0 Å². The summed E-state index contributed by atoms with van der Waals surface area (Å²) in [6, 6.07) is -3.17. The second-order valence-corrected chi connectivity index (χ2v) is 13.8. The molecule has 0 aromatic carbocycles. The Balaban J connectivity index is 0.000000647. The number of nitrogens with two attached hydrogens (primary N) is 1. The van der Waals surface area contributed by atoms with Crippen LogP contribution in [0.3, 0.4) is 0 Å². The molecule has 3 aliphatic heterocycles. The Morgan fingerprint density at radius 1 is 0.711 bits per heavy atom. The Bertz CT molecular complexity index is 1090. The molecule has 45 heavy (non-hydrogen) atoms. The highest BCUT2D eigenvalue weighted by Gasteiger charge is 2.43. The minimum absolute atomic E-state index is 0. The maximum atomic E-state index is 11.6. The SMILES string of the molecule is CC(=O)NC(C(=O)O)C1(S)CCOCC1.CC(=O)NC(C(=O)O)C1([S-](=N)=O)CCOCC1.Cl.NC(C(=O)O)C1(S)CCOCC1. The molecule has 0 aromatic heterocycles. The van der Waals surface area contributed by atoms with Gasteiger partial charge >= 0.3 is 17.9 Å². The number of amides is 2. The van der Waals surface area contributed by atoms with Crippen LogP contribution >= 0.6 is 37.7 Å². The van der Waals surface area contributed by atoms with Crippen molar-refractivity contribution in [1.29, 1.82) is 4.78 Å². The van der Waals surface area contributed by atoms with Gasteiger partial charge in [0, 0.05) is 63.0 Å². The molecule has 0 saturated carbocycles. The standard InChI is InChI=1S/C9H15N2O5S.C9H15NO4S.C7H13NO3S.ClH/c1-6(12)11-7(8(13)14)9(17(10)15)2-4-16-5-3-9;1-6(11)10-7(8(12)13)9(15)2-4-14-5-3-9;8-5(6(9)10)7(12)1-3-11-4-2-7;/h7,10H,2-5H2,1H3,(H,11,12)(H,13,14);7,15H,2-5H2,1H3,(H,10,11)(H,12,13);5,12H,1-4,8H2,(H,9,10);1H/q-1;;;. The highest BCUT2D eigenvalue weighted by molar-refractivity contribution is 7.82. The van der Waals surface area contributed by atoms with Crippen LogP contribution in [0, 0.1) is 4.78 Å². The molecule has 3 unspecified atom stereocenters. The largest absolute Gasteiger partial charge is 0.480 e. The van der Waals surface area contributed by atoms with Crippen molar-refractivity contribution in [1.82, 2.24) is 10.6 Å². The molecule has 20 heteroatoms. The van der Waals surface area contributed by atoms with E-state index in [4.69, 9.17) is 40.0 Å². The van der Waals surface area contributed by atoms with Gasteiger partial charge < -0.3 is 54.9 Å². The molecule has 262 valence electrons. The van der Waals surface area contributed by atoms with E-state index in [1.165, 1.54) is 13.8 Å². The van der Waals surface area contributed by atoms with Crippen LogP contribution in [0.1, 0.15) is 52.4 Å². The molecular formula is C25H44ClN4O12S3-. The lowest BCUT2D eigenvalue weighted by atomic mass is 9.90. The van der Waals surface area contributed by atoms with Gasteiger partial charge in [-0.3, -0.25) is 19.2 Å². The van der Waals surface area contributed by atoms with Crippen molar-refractivity contribution in [3.05, 3.63) is 0 Å². The van der Waals surface area contributed by atoms with Crippen molar-refractivity contribution in [3.63, 3.8) is 0 Å². The number of halogens is 1. The Labute approximate surface area is 280 Å². The third-order valence-corrected chi connectivity index (χ3v) is 10.3. The smallest absolute Gasteiger partial charge is 0.327 e. The van der Waals surface area contributed by atoms with Gasteiger partial charge in [0.2, 0.25) is 11.8 Å². The number of nitrogens with one attached hydrogen (secondary N) is 3. The summed E-state index contributed by atoms with van der Waals surface area (Å²) in [5.74, 6) is -4.20. The summed E-state index contributed by atoms with van der Waals surface area (Å²) in [4.78, 5) is 54.7. The van der Waals surface area contributed by atoms with E-state index in [1.54, 1.807) is 0 Å². The first-order valence-corrected chi connectivity index (χ1v) is 15.8. The first-order valence-electron chi connectivity index (χ1n) is 13.7. The predicted octanol–water partition coefficient (Wildman–Crippen LogP) is 0.205. The zero-order chi connectivity index (χ0) is 33.7. The van der Waals surface area contributed by atoms with Gasteiger partial charge in [-0.05, 0) is 43.3 Å². The molecule has 8 N–H and O–H groups in total. The molecule has 3 saturated heterocycles. The number of thiol groups is 2. The van der Waals surface area contributed by atoms with Crippen LogP contribution in [0.2, 0.25) is 0 Å². The topological polar surface area (TPSA) is 265 Å². The van der Waals surface area contributed by atoms with Gasteiger partial charge in [0.1, 0.15) is 18.1 Å². The van der Waals surface area contributed by atoms with E-state index < -0.39 is 66.8 Å². The minimum Gasteiger partial charge on any atom is -0.480 e. The van der Waals surface area contributed by atoms with E-state index in [2.05, 4.69) is 35.9 Å². The lowest BCUT2D eigenvalue weighted by molar-refractivity contribution is -0.143. The average Bonchev–Trinajstić information content (AvgIpc) is 2.95. The van der Waals surface area contributed by atoms with Crippen LogP contribution in [0.25, 0.3) is 0 Å². The number of carbonyl (C=O) groups excluding carboxylic acids is 2. The molecular weight excluding hydrogens is 680 g/mol. The van der Waals surface area contributed by atoms with Gasteiger partial charge in [-0.25, -0.2) is 4.79 Å². The number of hydrogen-bond donors (Lipinski definition) is 9. The molecule has 3 fully saturated rings. The number of rotatable bonds is 9. The van der Waals surface area contributed by atoms with E-state index in [-0.39, 0.29) is 44.4 Å². The van der Waals surface area contributed by atoms with Crippen molar-refractivity contribution in [2.45, 2.75) is 84.7 Å². The van der Waals surface area contributed by atoms with Gasteiger partial charge in [-0.15, -0.1) is 12.4 Å². The zero-order valence-electron chi connectivity index (χ0n) is 25.0. The molecule has 3 atom stereocenters. The Hall–Kier alpha value is -1.87. The quantitative estimate of drug-likeness (QED) is 0.114. The van der Waals surface area contributed by atoms with Crippen LogP contribution in [-0.4, -0.2) is 117 Å². The summed E-state index contributed by atoms with van der Waals surface area (Å²) in [7, 11) is -2.10. The van der Waals surface area contributed by atoms with Crippen molar-refractivity contribution in [2.75, 3.05) is 39.6 Å². The number of carboxylic acids is 3. The molecule has 0 spiro atoms. The molecule has 0 bridgehead atoms. The lowest BCUT2D eigenvalue weighted by Crippen LogP contribution is -2.59. The molecule has 2 amide bonds. The fourth-order valence-corrected chi connectivity index (χ4v) is 6.39. The van der Waals surface area contributed by atoms with E-state index in [0.29, 0.717) is 52.1 Å². The summed E-state index contributed by atoms with van der Waals surface area (Å²) in [5, 5.41) is 31.5. The summed E-state index contributed by atoms with van der Waals surface area (Å²) in [6.45, 7) is 5.03. The third kappa shape index (κ3) is 13.0. The van der Waals surface area contributed by atoms with E-state index in [0.717, 1.165) is 0 Å². The van der Waals surface area contributed by atoms with Crippen LogP contribution in [-0.2, 0) is 53.0 Å². The predicted molar refractivity (Wildman–Crippen MR) is 170 cm³/mol. The summed E-state index contributed by atoms with van der Waals surface area (Å²) in [5.41, 5.74) is 5.49. The maximum Gasteiger partial charge on any atom is 0.327 e. The van der Waals surface area contributed by atoms with Gasteiger partial charge in [0.25, 0.3) is 0 Å². The van der Waals surface area contributed by atoms with Crippen LogP contribution in [0.4, 0.5) is 0 Å². The number of aliphatic carboxylic acids is 3. The zero-order valence-corrected chi connectivity index (χ0v) is 28.4. The first kappa shape index (κ1) is 43.1. The maximum absolute atomic E-state index is 11.6. The minimum atomic E-state index is -2.10. The monoisotopic (exact) mass is 723 g/mol. The third-order valence-electron chi connectivity index (χ3n) is 7.52. The fraction of sp³-hybridized carbons (Fsp3) is 0.800. The molecule has 3 rings (SSSR count). The Morgan fingerprint density at radius 2 is 1.04 bits per heavy atom. The Kier molecular flexibility index (Phi) is 18.9.